The van der Waals surface area contributed by atoms with Gasteiger partial charge in [-0.05, 0) is 25.0 Å². The molecule has 0 spiro atoms. The Bertz CT molecular complexity index is 747. The van der Waals surface area contributed by atoms with Crippen molar-refractivity contribution in [2.75, 3.05) is 0 Å². The van der Waals surface area contributed by atoms with E-state index in [9.17, 15) is 0 Å². The Morgan fingerprint density at radius 2 is 1.90 bits per heavy atom. The quantitative estimate of drug-likeness (QED) is 0.683. The Morgan fingerprint density at radius 1 is 1.15 bits per heavy atom. The maximum Gasteiger partial charge on any atom is 0.143 e. The normalized spacial score (nSPS) is 11.2. The molecule has 0 atom stereocenters. The average Bonchev–Trinajstić information content (AvgIpc) is 2.72. The lowest BCUT2D eigenvalue weighted by Crippen LogP contribution is -1.95. The van der Waals surface area contributed by atoms with Crippen molar-refractivity contribution in [3.63, 3.8) is 0 Å². The molecule has 0 aliphatic carbocycles. The lowest BCUT2D eigenvalue weighted by molar-refractivity contribution is 0.872. The molecule has 0 aliphatic rings. The first-order valence-electron chi connectivity index (χ1n) is 6.62. The summed E-state index contributed by atoms with van der Waals surface area (Å²) >= 11 is 1.74. The topological polar surface area (TPSA) is 30.7 Å². The first-order chi connectivity index (χ1) is 9.68. The highest BCUT2D eigenvalue weighted by molar-refractivity contribution is 7.98. The summed E-state index contributed by atoms with van der Waals surface area (Å²) in [6, 6.07) is 10.5. The average molecular weight is 283 g/mol. The minimum Gasteiger partial charge on any atom is -0.345 e. The van der Waals surface area contributed by atoms with Gasteiger partial charge in [-0.2, -0.15) is 5.10 Å². The molecule has 2 aromatic heterocycles. The summed E-state index contributed by atoms with van der Waals surface area (Å²) in [6.45, 7) is 4.28. The van der Waals surface area contributed by atoms with Crippen molar-refractivity contribution in [2.45, 2.75) is 24.6 Å². The van der Waals surface area contributed by atoms with Crippen molar-refractivity contribution in [1.82, 2.24) is 14.8 Å². The van der Waals surface area contributed by atoms with E-state index in [-0.39, 0.29) is 0 Å². The summed E-state index contributed by atoms with van der Waals surface area (Å²) in [5, 5.41) is 10.7. The van der Waals surface area contributed by atoms with Crippen LogP contribution in [-0.4, -0.2) is 14.8 Å². The van der Waals surface area contributed by atoms with E-state index in [4.69, 9.17) is 0 Å². The Labute approximate surface area is 123 Å². The van der Waals surface area contributed by atoms with Crippen LogP contribution in [0.3, 0.4) is 0 Å². The summed E-state index contributed by atoms with van der Waals surface area (Å²) < 4.78 is 2.21. The standard InChI is InChI=1S/C16H17N3S/c1-11-12(2)19(3)15-14(11)9-17-18-16(15)20-10-13-7-5-4-6-8-13/h4-9H,10H2,1-3H3. The zero-order chi connectivity index (χ0) is 14.1. The number of aryl methyl sites for hydroxylation is 2. The molecule has 0 fully saturated rings. The number of benzene rings is 1. The number of fused-ring (bicyclic) bond motifs is 1. The number of hydrogen-bond acceptors (Lipinski definition) is 3. The van der Waals surface area contributed by atoms with Crippen molar-refractivity contribution in [1.29, 1.82) is 0 Å². The maximum absolute atomic E-state index is 4.33. The fourth-order valence-corrected chi connectivity index (χ4v) is 3.38. The lowest BCUT2D eigenvalue weighted by Gasteiger charge is -2.05. The molecule has 0 bridgehead atoms. The van der Waals surface area contributed by atoms with Gasteiger partial charge < -0.3 is 4.57 Å². The molecule has 0 radical (unpaired) electrons. The number of thioether (sulfide) groups is 1. The van der Waals surface area contributed by atoms with Gasteiger partial charge in [0.2, 0.25) is 0 Å². The summed E-state index contributed by atoms with van der Waals surface area (Å²) in [5.41, 5.74) is 5.06. The van der Waals surface area contributed by atoms with Crippen molar-refractivity contribution in [3.8, 4) is 0 Å². The van der Waals surface area contributed by atoms with Crippen LogP contribution in [0.1, 0.15) is 16.8 Å². The largest absolute Gasteiger partial charge is 0.345 e. The van der Waals surface area contributed by atoms with E-state index in [0.29, 0.717) is 0 Å². The van der Waals surface area contributed by atoms with E-state index in [1.165, 1.54) is 27.7 Å². The molecule has 1 aromatic carbocycles. The van der Waals surface area contributed by atoms with E-state index in [0.717, 1.165) is 10.8 Å². The highest BCUT2D eigenvalue weighted by atomic mass is 32.2. The fraction of sp³-hybridized carbons (Fsp3) is 0.250. The summed E-state index contributed by atoms with van der Waals surface area (Å²) in [4.78, 5) is 0. The van der Waals surface area contributed by atoms with Gasteiger partial charge >= 0.3 is 0 Å². The minimum absolute atomic E-state index is 0.915. The third-order valence-electron chi connectivity index (χ3n) is 3.80. The smallest absolute Gasteiger partial charge is 0.143 e. The van der Waals surface area contributed by atoms with Crippen LogP contribution in [0.5, 0.6) is 0 Å². The molecule has 0 saturated heterocycles. The molecule has 102 valence electrons. The van der Waals surface area contributed by atoms with Crippen LogP contribution in [0.25, 0.3) is 10.9 Å². The van der Waals surface area contributed by atoms with Gasteiger partial charge in [-0.25, -0.2) is 0 Å². The van der Waals surface area contributed by atoms with Crippen LogP contribution in [0.4, 0.5) is 0 Å². The van der Waals surface area contributed by atoms with Gasteiger partial charge in [0.05, 0.1) is 11.7 Å². The second-order valence-electron chi connectivity index (χ2n) is 4.96. The molecule has 0 saturated carbocycles. The minimum atomic E-state index is 0.915. The SMILES string of the molecule is Cc1c(C)n(C)c2c(SCc3ccccc3)nncc12. The Hall–Kier alpha value is -1.81. The van der Waals surface area contributed by atoms with Gasteiger partial charge in [-0.15, -0.1) is 5.10 Å². The Balaban J connectivity index is 1.98. The third kappa shape index (κ3) is 2.20. The summed E-state index contributed by atoms with van der Waals surface area (Å²) in [7, 11) is 2.10. The van der Waals surface area contributed by atoms with Crippen LogP contribution in [-0.2, 0) is 12.8 Å². The molecule has 3 nitrogen and oxygen atoms in total. The molecule has 0 N–H and O–H groups in total. The van der Waals surface area contributed by atoms with Crippen LogP contribution in [0, 0.1) is 13.8 Å². The van der Waals surface area contributed by atoms with Gasteiger partial charge in [-0.3, -0.25) is 0 Å². The monoisotopic (exact) mass is 283 g/mol. The van der Waals surface area contributed by atoms with Crippen LogP contribution in [0.2, 0.25) is 0 Å². The molecular formula is C16H17N3S. The van der Waals surface area contributed by atoms with Crippen molar-refractivity contribution in [3.05, 3.63) is 53.3 Å². The van der Waals surface area contributed by atoms with E-state index in [1.54, 1.807) is 11.8 Å². The molecule has 4 heteroatoms. The number of rotatable bonds is 3. The Morgan fingerprint density at radius 3 is 2.65 bits per heavy atom. The van der Waals surface area contributed by atoms with Crippen LogP contribution in [0.15, 0.2) is 41.6 Å². The van der Waals surface area contributed by atoms with E-state index in [1.807, 2.05) is 12.3 Å². The summed E-state index contributed by atoms with van der Waals surface area (Å²) in [6.07, 6.45) is 1.87. The Kier molecular flexibility index (Phi) is 3.49. The molecule has 20 heavy (non-hydrogen) atoms. The van der Waals surface area contributed by atoms with Crippen LogP contribution >= 0.6 is 11.8 Å². The summed E-state index contributed by atoms with van der Waals surface area (Å²) in [5.74, 6) is 0.915. The molecule has 0 amide bonds. The van der Waals surface area contributed by atoms with Crippen molar-refractivity contribution < 1.29 is 0 Å². The first-order valence-corrected chi connectivity index (χ1v) is 7.61. The highest BCUT2D eigenvalue weighted by Gasteiger charge is 2.14. The van der Waals surface area contributed by atoms with Gasteiger partial charge in [0.1, 0.15) is 5.03 Å². The lowest BCUT2D eigenvalue weighted by atomic mass is 10.2. The second kappa shape index (κ2) is 5.29. The molecule has 0 unspecified atom stereocenters. The van der Waals surface area contributed by atoms with Crippen molar-refractivity contribution >= 4 is 22.7 Å². The van der Waals surface area contributed by atoms with Crippen LogP contribution < -0.4 is 0 Å². The number of aromatic nitrogens is 3. The van der Waals surface area contributed by atoms with Crippen molar-refractivity contribution in [2.24, 2.45) is 7.05 Å². The number of hydrogen-bond donors (Lipinski definition) is 0. The number of nitrogens with zero attached hydrogens (tertiary/aromatic N) is 3. The predicted octanol–water partition coefficient (Wildman–Crippen LogP) is 3.88. The van der Waals surface area contributed by atoms with E-state index >= 15 is 0 Å². The third-order valence-corrected chi connectivity index (χ3v) is 4.82. The van der Waals surface area contributed by atoms with E-state index in [2.05, 4.69) is 59.9 Å². The first kappa shape index (κ1) is 13.2. The molecular weight excluding hydrogens is 266 g/mol. The second-order valence-corrected chi connectivity index (χ2v) is 5.92. The van der Waals surface area contributed by atoms with Gasteiger partial charge in [-0.1, -0.05) is 42.1 Å². The van der Waals surface area contributed by atoms with E-state index < -0.39 is 0 Å². The molecule has 2 heterocycles. The fourth-order valence-electron chi connectivity index (χ4n) is 2.40. The molecule has 3 rings (SSSR count). The zero-order valence-corrected chi connectivity index (χ0v) is 12.7. The van der Waals surface area contributed by atoms with Gasteiger partial charge in [0.25, 0.3) is 0 Å². The van der Waals surface area contributed by atoms with Gasteiger partial charge in [0.15, 0.2) is 0 Å². The molecule has 0 aliphatic heterocycles. The predicted molar refractivity (Wildman–Crippen MR) is 84.0 cm³/mol. The zero-order valence-electron chi connectivity index (χ0n) is 11.9. The molecule has 3 aromatic rings. The van der Waals surface area contributed by atoms with Gasteiger partial charge in [0, 0.05) is 23.9 Å². The highest BCUT2D eigenvalue weighted by Crippen LogP contribution is 2.31. The maximum atomic E-state index is 4.33.